The normalized spacial score (nSPS) is 23.7. The van der Waals surface area contributed by atoms with Gasteiger partial charge in [-0.05, 0) is 25.7 Å². The summed E-state index contributed by atoms with van der Waals surface area (Å²) in [5, 5.41) is 2.88. The summed E-state index contributed by atoms with van der Waals surface area (Å²) in [6.07, 6.45) is 1.96. The first kappa shape index (κ1) is 15.7. The third kappa shape index (κ3) is 3.81. The van der Waals surface area contributed by atoms with Gasteiger partial charge >= 0.3 is 0 Å². The molecule has 5 heteroatoms. The SMILES string of the molecule is CCC(CC)(CCl)NC(=O)C1CCCC(F)(F)C1. The zero-order chi connectivity index (χ0) is 13.8. The molecule has 1 rings (SSSR count). The van der Waals surface area contributed by atoms with Gasteiger partial charge in [-0.2, -0.15) is 0 Å². The lowest BCUT2D eigenvalue weighted by atomic mass is 9.84. The molecule has 0 saturated heterocycles. The van der Waals surface area contributed by atoms with Crippen LogP contribution >= 0.6 is 11.6 Å². The van der Waals surface area contributed by atoms with Crippen molar-refractivity contribution in [1.82, 2.24) is 5.32 Å². The molecule has 1 N–H and O–H groups in total. The number of nitrogens with one attached hydrogen (secondary N) is 1. The summed E-state index contributed by atoms with van der Waals surface area (Å²) in [4.78, 5) is 12.1. The molecule has 1 aliphatic carbocycles. The van der Waals surface area contributed by atoms with Crippen molar-refractivity contribution in [3.63, 3.8) is 0 Å². The van der Waals surface area contributed by atoms with Gasteiger partial charge in [-0.25, -0.2) is 8.78 Å². The van der Waals surface area contributed by atoms with E-state index < -0.39 is 17.4 Å². The molecule has 0 radical (unpaired) electrons. The van der Waals surface area contributed by atoms with E-state index in [2.05, 4.69) is 5.32 Å². The van der Waals surface area contributed by atoms with Gasteiger partial charge in [0.2, 0.25) is 11.8 Å². The van der Waals surface area contributed by atoms with E-state index in [1.807, 2.05) is 13.8 Å². The number of amides is 1. The maximum atomic E-state index is 13.3. The van der Waals surface area contributed by atoms with Crippen molar-refractivity contribution >= 4 is 17.5 Å². The third-order valence-electron chi connectivity index (χ3n) is 4.01. The Hall–Kier alpha value is -0.380. The first-order chi connectivity index (χ1) is 8.38. The van der Waals surface area contributed by atoms with Gasteiger partial charge in [-0.3, -0.25) is 4.79 Å². The maximum Gasteiger partial charge on any atom is 0.248 e. The smallest absolute Gasteiger partial charge is 0.248 e. The molecule has 1 unspecified atom stereocenters. The van der Waals surface area contributed by atoms with Crippen molar-refractivity contribution in [1.29, 1.82) is 0 Å². The average molecular weight is 282 g/mol. The number of halogens is 3. The van der Waals surface area contributed by atoms with Gasteiger partial charge in [0.05, 0.1) is 5.54 Å². The van der Waals surface area contributed by atoms with Crippen molar-refractivity contribution in [2.24, 2.45) is 5.92 Å². The highest BCUT2D eigenvalue weighted by atomic mass is 35.5. The number of alkyl halides is 3. The highest BCUT2D eigenvalue weighted by molar-refractivity contribution is 6.18. The Kier molecular flexibility index (Phi) is 5.38. The Balaban J connectivity index is 2.64. The van der Waals surface area contributed by atoms with Crippen LogP contribution < -0.4 is 5.32 Å². The van der Waals surface area contributed by atoms with Gasteiger partial charge in [-0.1, -0.05) is 13.8 Å². The first-order valence-corrected chi connectivity index (χ1v) is 7.17. The second-order valence-corrected chi connectivity index (χ2v) is 5.53. The van der Waals surface area contributed by atoms with Gasteiger partial charge in [0, 0.05) is 24.6 Å². The summed E-state index contributed by atoms with van der Waals surface area (Å²) < 4.78 is 26.6. The molecule has 0 spiro atoms. The van der Waals surface area contributed by atoms with Gasteiger partial charge in [0.15, 0.2) is 0 Å². The van der Waals surface area contributed by atoms with Crippen LogP contribution in [0.25, 0.3) is 0 Å². The zero-order valence-corrected chi connectivity index (χ0v) is 11.8. The van der Waals surface area contributed by atoms with Crippen LogP contribution in [-0.2, 0) is 4.79 Å². The molecule has 1 amide bonds. The molecule has 1 fully saturated rings. The second-order valence-electron chi connectivity index (χ2n) is 5.26. The molecule has 0 aromatic carbocycles. The molecule has 18 heavy (non-hydrogen) atoms. The molecule has 0 bridgehead atoms. The molecule has 0 aromatic heterocycles. The number of rotatable bonds is 5. The molecule has 1 saturated carbocycles. The zero-order valence-electron chi connectivity index (χ0n) is 11.1. The maximum absolute atomic E-state index is 13.3. The summed E-state index contributed by atoms with van der Waals surface area (Å²) in [5.74, 6) is -3.22. The molecule has 0 aliphatic heterocycles. The van der Waals surface area contributed by atoms with E-state index in [-0.39, 0.29) is 18.7 Å². The Labute approximate surface area is 112 Å². The third-order valence-corrected chi connectivity index (χ3v) is 4.52. The van der Waals surface area contributed by atoms with Gasteiger partial charge in [0.25, 0.3) is 0 Å². The lowest BCUT2D eigenvalue weighted by Gasteiger charge is -2.34. The van der Waals surface area contributed by atoms with Crippen LogP contribution in [0.15, 0.2) is 0 Å². The van der Waals surface area contributed by atoms with Crippen LogP contribution in [0.4, 0.5) is 8.78 Å². The summed E-state index contributed by atoms with van der Waals surface area (Å²) >= 11 is 5.90. The number of carbonyl (C=O) groups excluding carboxylic acids is 1. The largest absolute Gasteiger partial charge is 0.349 e. The minimum absolute atomic E-state index is 0.0982. The highest BCUT2D eigenvalue weighted by Gasteiger charge is 2.40. The van der Waals surface area contributed by atoms with Crippen molar-refractivity contribution < 1.29 is 13.6 Å². The van der Waals surface area contributed by atoms with Crippen molar-refractivity contribution in [2.45, 2.75) is 63.8 Å². The quantitative estimate of drug-likeness (QED) is 0.765. The van der Waals surface area contributed by atoms with Gasteiger partial charge in [0.1, 0.15) is 0 Å². The predicted octanol–water partition coefficient (Wildman–Crippen LogP) is 3.73. The van der Waals surface area contributed by atoms with Crippen LogP contribution in [0.5, 0.6) is 0 Å². The fourth-order valence-electron chi connectivity index (χ4n) is 2.41. The molecule has 2 nitrogen and oxygen atoms in total. The summed E-state index contributed by atoms with van der Waals surface area (Å²) in [6, 6.07) is 0. The van der Waals surface area contributed by atoms with Crippen LogP contribution in [0.3, 0.4) is 0 Å². The molecular weight excluding hydrogens is 260 g/mol. The van der Waals surface area contributed by atoms with E-state index in [1.54, 1.807) is 0 Å². The molecule has 0 heterocycles. The monoisotopic (exact) mass is 281 g/mol. The molecular formula is C13H22ClF2NO. The van der Waals surface area contributed by atoms with Gasteiger partial charge in [-0.15, -0.1) is 11.6 Å². The minimum atomic E-state index is -2.69. The predicted molar refractivity (Wildman–Crippen MR) is 69.1 cm³/mol. The van der Waals surface area contributed by atoms with Crippen molar-refractivity contribution in [3.05, 3.63) is 0 Å². The van der Waals surface area contributed by atoms with E-state index in [1.165, 1.54) is 0 Å². The highest BCUT2D eigenvalue weighted by Crippen LogP contribution is 2.37. The number of hydrogen-bond donors (Lipinski definition) is 1. The Bertz CT molecular complexity index is 284. The number of carbonyl (C=O) groups is 1. The summed E-state index contributed by atoms with van der Waals surface area (Å²) in [6.45, 7) is 3.89. The van der Waals surface area contributed by atoms with Crippen LogP contribution in [-0.4, -0.2) is 23.2 Å². The minimum Gasteiger partial charge on any atom is -0.349 e. The lowest BCUT2D eigenvalue weighted by molar-refractivity contribution is -0.134. The van der Waals surface area contributed by atoms with Crippen LogP contribution in [0.2, 0.25) is 0 Å². The molecule has 1 atom stereocenters. The Morgan fingerprint density at radius 1 is 1.44 bits per heavy atom. The Morgan fingerprint density at radius 2 is 2.06 bits per heavy atom. The topological polar surface area (TPSA) is 29.1 Å². The summed E-state index contributed by atoms with van der Waals surface area (Å²) in [7, 11) is 0. The van der Waals surface area contributed by atoms with Crippen molar-refractivity contribution in [3.8, 4) is 0 Å². The molecule has 1 aliphatic rings. The van der Waals surface area contributed by atoms with E-state index in [0.717, 1.165) is 0 Å². The van der Waals surface area contributed by atoms with Crippen molar-refractivity contribution in [2.75, 3.05) is 5.88 Å². The second kappa shape index (κ2) is 6.18. The lowest BCUT2D eigenvalue weighted by Crippen LogP contribution is -2.52. The average Bonchev–Trinajstić information content (AvgIpc) is 2.35. The van der Waals surface area contributed by atoms with E-state index in [9.17, 15) is 13.6 Å². The summed E-state index contributed by atoms with van der Waals surface area (Å²) in [5.41, 5.74) is -0.453. The first-order valence-electron chi connectivity index (χ1n) is 6.64. The van der Waals surface area contributed by atoms with E-state index in [0.29, 0.717) is 31.6 Å². The van der Waals surface area contributed by atoms with E-state index in [4.69, 9.17) is 11.6 Å². The fourth-order valence-corrected chi connectivity index (χ4v) is 2.85. The van der Waals surface area contributed by atoms with Crippen LogP contribution in [0, 0.1) is 5.92 Å². The molecule has 0 aromatic rings. The standard InChI is InChI=1S/C13H22ClF2NO/c1-3-12(4-2,9-14)17-11(18)10-6-5-7-13(15,16)8-10/h10H,3-9H2,1-2H3,(H,17,18). The molecule has 106 valence electrons. The van der Waals surface area contributed by atoms with Gasteiger partial charge < -0.3 is 5.32 Å². The Morgan fingerprint density at radius 3 is 2.50 bits per heavy atom. The van der Waals surface area contributed by atoms with Crippen LogP contribution in [0.1, 0.15) is 52.4 Å². The fraction of sp³-hybridized carbons (Fsp3) is 0.923. The van der Waals surface area contributed by atoms with E-state index >= 15 is 0 Å². The number of hydrogen-bond acceptors (Lipinski definition) is 1.